The first-order valence-electron chi connectivity index (χ1n) is 5.60. The van der Waals surface area contributed by atoms with Gasteiger partial charge in [0.25, 0.3) is 0 Å². The van der Waals surface area contributed by atoms with Gasteiger partial charge in [-0.1, -0.05) is 35.3 Å². The van der Waals surface area contributed by atoms with E-state index in [0.29, 0.717) is 22.3 Å². The quantitative estimate of drug-likeness (QED) is 0.908. The van der Waals surface area contributed by atoms with Crippen LogP contribution in [0.3, 0.4) is 0 Å². The molecule has 0 unspecified atom stereocenters. The first-order chi connectivity index (χ1) is 8.67. The molecule has 0 aliphatic rings. The molecule has 0 aliphatic heterocycles. The number of hydrogen-bond donors (Lipinski definition) is 1. The van der Waals surface area contributed by atoms with Crippen LogP contribution in [0.25, 0.3) is 0 Å². The molecular formula is C14H13Cl2NO. The van der Waals surface area contributed by atoms with Crippen LogP contribution in [0.2, 0.25) is 10.0 Å². The topological polar surface area (TPSA) is 35.2 Å². The summed E-state index contributed by atoms with van der Waals surface area (Å²) < 4.78 is 5.67. The summed E-state index contributed by atoms with van der Waals surface area (Å²) in [5.41, 5.74) is 6.68. The van der Waals surface area contributed by atoms with E-state index in [-0.39, 0.29) is 0 Å². The molecule has 2 nitrogen and oxygen atoms in total. The molecule has 0 saturated carbocycles. The van der Waals surface area contributed by atoms with Crippen molar-refractivity contribution in [2.45, 2.75) is 6.42 Å². The van der Waals surface area contributed by atoms with Gasteiger partial charge in [-0.25, -0.2) is 0 Å². The van der Waals surface area contributed by atoms with Crippen molar-refractivity contribution in [2.75, 3.05) is 6.54 Å². The predicted molar refractivity (Wildman–Crippen MR) is 75.7 cm³/mol. The van der Waals surface area contributed by atoms with Gasteiger partial charge < -0.3 is 10.5 Å². The van der Waals surface area contributed by atoms with Crippen LogP contribution in [0.5, 0.6) is 11.5 Å². The van der Waals surface area contributed by atoms with E-state index in [0.717, 1.165) is 12.2 Å². The average molecular weight is 282 g/mol. The van der Waals surface area contributed by atoms with Gasteiger partial charge in [-0.3, -0.25) is 0 Å². The lowest BCUT2D eigenvalue weighted by Gasteiger charge is -2.07. The maximum Gasteiger partial charge on any atom is 0.130 e. The van der Waals surface area contributed by atoms with Crippen molar-refractivity contribution >= 4 is 23.2 Å². The van der Waals surface area contributed by atoms with Crippen LogP contribution in [0, 0.1) is 0 Å². The minimum absolute atomic E-state index is 0.553. The summed E-state index contributed by atoms with van der Waals surface area (Å²) in [4.78, 5) is 0. The number of nitrogens with two attached hydrogens (primary N) is 1. The van der Waals surface area contributed by atoms with Crippen molar-refractivity contribution in [3.63, 3.8) is 0 Å². The summed E-state index contributed by atoms with van der Waals surface area (Å²) in [5.74, 6) is 1.37. The highest BCUT2D eigenvalue weighted by atomic mass is 35.5. The van der Waals surface area contributed by atoms with E-state index in [1.165, 1.54) is 5.56 Å². The third-order valence-electron chi connectivity index (χ3n) is 2.43. The van der Waals surface area contributed by atoms with Crippen LogP contribution in [-0.4, -0.2) is 6.54 Å². The number of ether oxygens (including phenoxy) is 1. The van der Waals surface area contributed by atoms with Crippen molar-refractivity contribution in [2.24, 2.45) is 5.73 Å². The maximum atomic E-state index is 5.90. The molecule has 0 heterocycles. The van der Waals surface area contributed by atoms with Crippen molar-refractivity contribution in [3.05, 3.63) is 58.1 Å². The number of hydrogen-bond acceptors (Lipinski definition) is 2. The standard InChI is InChI=1S/C14H13Cl2NO/c15-11-7-12(16)9-14(8-11)18-13-3-1-10(2-4-13)5-6-17/h1-4,7-9H,5-6,17H2. The van der Waals surface area contributed by atoms with Crippen LogP contribution >= 0.6 is 23.2 Å². The van der Waals surface area contributed by atoms with Gasteiger partial charge in [-0.15, -0.1) is 0 Å². The van der Waals surface area contributed by atoms with E-state index in [4.69, 9.17) is 33.7 Å². The largest absolute Gasteiger partial charge is 0.457 e. The monoisotopic (exact) mass is 281 g/mol. The molecule has 4 heteroatoms. The second-order valence-electron chi connectivity index (χ2n) is 3.89. The fraction of sp³-hybridized carbons (Fsp3) is 0.143. The number of rotatable bonds is 4. The predicted octanol–water partition coefficient (Wildman–Crippen LogP) is 4.29. The normalized spacial score (nSPS) is 10.4. The van der Waals surface area contributed by atoms with Gasteiger partial charge in [0, 0.05) is 10.0 Å². The van der Waals surface area contributed by atoms with Crippen LogP contribution in [0.1, 0.15) is 5.56 Å². The highest BCUT2D eigenvalue weighted by Gasteiger charge is 2.01. The Kier molecular flexibility index (Phi) is 4.48. The van der Waals surface area contributed by atoms with Gasteiger partial charge in [-0.2, -0.15) is 0 Å². The van der Waals surface area contributed by atoms with Gasteiger partial charge >= 0.3 is 0 Å². The molecule has 0 fully saturated rings. The molecule has 18 heavy (non-hydrogen) atoms. The van der Waals surface area contributed by atoms with Gasteiger partial charge in [0.15, 0.2) is 0 Å². The lowest BCUT2D eigenvalue weighted by molar-refractivity contribution is 0.482. The third-order valence-corrected chi connectivity index (χ3v) is 2.86. The molecule has 0 aliphatic carbocycles. The lowest BCUT2D eigenvalue weighted by Crippen LogP contribution is -2.02. The Morgan fingerprint density at radius 2 is 1.50 bits per heavy atom. The molecule has 0 radical (unpaired) electrons. The van der Waals surface area contributed by atoms with Crippen LogP contribution < -0.4 is 10.5 Å². The van der Waals surface area contributed by atoms with E-state index >= 15 is 0 Å². The molecule has 0 atom stereocenters. The first kappa shape index (κ1) is 13.2. The minimum atomic E-state index is 0.553. The summed E-state index contributed by atoms with van der Waals surface area (Å²) in [7, 11) is 0. The van der Waals surface area contributed by atoms with E-state index in [1.54, 1.807) is 18.2 Å². The van der Waals surface area contributed by atoms with Crippen molar-refractivity contribution in [3.8, 4) is 11.5 Å². The second-order valence-corrected chi connectivity index (χ2v) is 4.76. The van der Waals surface area contributed by atoms with Gasteiger partial charge in [0.05, 0.1) is 0 Å². The van der Waals surface area contributed by atoms with Crippen molar-refractivity contribution in [1.29, 1.82) is 0 Å². The average Bonchev–Trinajstić information content (AvgIpc) is 2.31. The fourth-order valence-corrected chi connectivity index (χ4v) is 2.12. The summed E-state index contributed by atoms with van der Waals surface area (Å²) in [6.07, 6.45) is 0.864. The Morgan fingerprint density at radius 1 is 0.889 bits per heavy atom. The Morgan fingerprint density at radius 3 is 2.06 bits per heavy atom. The lowest BCUT2D eigenvalue weighted by atomic mass is 10.1. The van der Waals surface area contributed by atoms with E-state index in [1.807, 2.05) is 24.3 Å². The summed E-state index contributed by atoms with van der Waals surface area (Å²) >= 11 is 11.8. The van der Waals surface area contributed by atoms with E-state index in [2.05, 4.69) is 0 Å². The molecule has 2 N–H and O–H groups in total. The summed E-state index contributed by atoms with van der Waals surface area (Å²) in [6.45, 7) is 0.643. The molecule has 2 aromatic carbocycles. The number of halogens is 2. The minimum Gasteiger partial charge on any atom is -0.457 e. The SMILES string of the molecule is NCCc1ccc(Oc2cc(Cl)cc(Cl)c2)cc1. The molecule has 2 rings (SSSR count). The van der Waals surface area contributed by atoms with Crippen LogP contribution in [0.4, 0.5) is 0 Å². The van der Waals surface area contributed by atoms with Gasteiger partial charge in [-0.05, 0) is 48.9 Å². The van der Waals surface area contributed by atoms with Crippen LogP contribution in [0.15, 0.2) is 42.5 Å². The molecule has 0 aromatic heterocycles. The van der Waals surface area contributed by atoms with Gasteiger partial charge in [0.1, 0.15) is 11.5 Å². The maximum absolute atomic E-state index is 5.90. The Labute approximate surface area is 116 Å². The van der Waals surface area contributed by atoms with E-state index < -0.39 is 0 Å². The summed E-state index contributed by atoms with van der Waals surface area (Å²) in [6, 6.07) is 12.9. The highest BCUT2D eigenvalue weighted by Crippen LogP contribution is 2.28. The Bertz CT molecular complexity index is 506. The number of benzene rings is 2. The Hall–Kier alpha value is -1.22. The van der Waals surface area contributed by atoms with Crippen LogP contribution in [-0.2, 0) is 6.42 Å². The molecule has 94 valence electrons. The highest BCUT2D eigenvalue weighted by molar-refractivity contribution is 6.34. The molecule has 0 bridgehead atoms. The smallest absolute Gasteiger partial charge is 0.130 e. The molecule has 0 spiro atoms. The second kappa shape index (κ2) is 6.10. The van der Waals surface area contributed by atoms with Crippen molar-refractivity contribution in [1.82, 2.24) is 0 Å². The zero-order chi connectivity index (χ0) is 13.0. The molecule has 0 saturated heterocycles. The molecule has 0 amide bonds. The molecular weight excluding hydrogens is 269 g/mol. The Balaban J connectivity index is 2.13. The van der Waals surface area contributed by atoms with Gasteiger partial charge in [0.2, 0.25) is 0 Å². The fourth-order valence-electron chi connectivity index (χ4n) is 1.61. The van der Waals surface area contributed by atoms with Crippen molar-refractivity contribution < 1.29 is 4.74 Å². The zero-order valence-electron chi connectivity index (χ0n) is 9.70. The molecule has 2 aromatic rings. The van der Waals surface area contributed by atoms with E-state index in [9.17, 15) is 0 Å². The zero-order valence-corrected chi connectivity index (χ0v) is 11.2. The third kappa shape index (κ3) is 3.64. The summed E-state index contributed by atoms with van der Waals surface area (Å²) in [5, 5.41) is 1.11. The first-order valence-corrected chi connectivity index (χ1v) is 6.36.